The second kappa shape index (κ2) is 6.57. The Hall–Kier alpha value is -1.81. The number of rotatable bonds is 6. The number of methoxy groups -OCH3 is 1. The van der Waals surface area contributed by atoms with Gasteiger partial charge in [0.15, 0.2) is 0 Å². The Morgan fingerprint density at radius 2 is 2.10 bits per heavy atom. The van der Waals surface area contributed by atoms with Crippen LogP contribution >= 0.6 is 0 Å². The van der Waals surface area contributed by atoms with Crippen LogP contribution in [0.3, 0.4) is 0 Å². The average molecular weight is 273 g/mol. The number of hydrogen-bond donors (Lipinski definition) is 1. The van der Waals surface area contributed by atoms with E-state index in [1.54, 1.807) is 7.11 Å². The molecule has 1 aromatic carbocycles. The molecule has 1 N–H and O–H groups in total. The van der Waals surface area contributed by atoms with Crippen molar-refractivity contribution in [3.8, 4) is 5.75 Å². The molecule has 0 saturated carbocycles. The summed E-state index contributed by atoms with van der Waals surface area (Å²) in [5.41, 5.74) is 3.46. The first-order chi connectivity index (χ1) is 9.63. The van der Waals surface area contributed by atoms with Crippen molar-refractivity contribution in [1.82, 2.24) is 15.1 Å². The largest absolute Gasteiger partial charge is 0.496 e. The van der Waals surface area contributed by atoms with E-state index < -0.39 is 0 Å². The Morgan fingerprint density at radius 3 is 2.70 bits per heavy atom. The van der Waals surface area contributed by atoms with Crippen LogP contribution in [0.4, 0.5) is 0 Å². The second-order valence-electron chi connectivity index (χ2n) is 5.03. The quantitative estimate of drug-likeness (QED) is 0.879. The van der Waals surface area contributed by atoms with Crippen molar-refractivity contribution in [2.75, 3.05) is 13.7 Å². The number of nitrogens with zero attached hydrogens (tertiary/aromatic N) is 2. The van der Waals surface area contributed by atoms with Crippen LogP contribution in [0.2, 0.25) is 0 Å². The number of likely N-dealkylation sites (N-methyl/N-ethyl adjacent to an activating group) is 1. The molecule has 0 spiro atoms. The molecule has 2 aromatic rings. The topological polar surface area (TPSA) is 39.1 Å². The van der Waals surface area contributed by atoms with E-state index in [9.17, 15) is 0 Å². The number of ether oxygens (including phenoxy) is 1. The molecule has 4 heteroatoms. The molecule has 2 rings (SSSR count). The zero-order chi connectivity index (χ0) is 14.5. The van der Waals surface area contributed by atoms with Gasteiger partial charge < -0.3 is 10.1 Å². The summed E-state index contributed by atoms with van der Waals surface area (Å²) in [6.07, 6.45) is 2.02. The Kier molecular flexibility index (Phi) is 4.79. The van der Waals surface area contributed by atoms with Gasteiger partial charge in [-0.15, -0.1) is 0 Å². The first-order valence-corrected chi connectivity index (χ1v) is 7.02. The highest BCUT2D eigenvalue weighted by Crippen LogP contribution is 2.27. The summed E-state index contributed by atoms with van der Waals surface area (Å²) >= 11 is 0. The second-order valence-corrected chi connectivity index (χ2v) is 5.03. The van der Waals surface area contributed by atoms with Crippen molar-refractivity contribution in [1.29, 1.82) is 0 Å². The van der Waals surface area contributed by atoms with E-state index in [0.717, 1.165) is 24.5 Å². The molecular formula is C16H23N3O. The van der Waals surface area contributed by atoms with Gasteiger partial charge in [0.2, 0.25) is 0 Å². The summed E-state index contributed by atoms with van der Waals surface area (Å²) in [5, 5.41) is 7.99. The lowest BCUT2D eigenvalue weighted by molar-refractivity contribution is 0.385. The molecule has 20 heavy (non-hydrogen) atoms. The van der Waals surface area contributed by atoms with Crippen molar-refractivity contribution in [3.05, 3.63) is 47.3 Å². The van der Waals surface area contributed by atoms with Crippen molar-refractivity contribution < 1.29 is 4.74 Å². The van der Waals surface area contributed by atoms with E-state index >= 15 is 0 Å². The molecule has 0 aliphatic rings. The summed E-state index contributed by atoms with van der Waals surface area (Å²) in [7, 11) is 1.72. The molecule has 4 nitrogen and oxygen atoms in total. The normalized spacial score (nSPS) is 12.4. The van der Waals surface area contributed by atoms with Gasteiger partial charge in [0.1, 0.15) is 5.75 Å². The molecule has 108 valence electrons. The summed E-state index contributed by atoms with van der Waals surface area (Å²) in [5.74, 6) is 0.922. The van der Waals surface area contributed by atoms with Gasteiger partial charge in [-0.25, -0.2) is 0 Å². The first-order valence-electron chi connectivity index (χ1n) is 7.02. The van der Waals surface area contributed by atoms with Crippen LogP contribution in [0, 0.1) is 13.8 Å². The number of hydrogen-bond acceptors (Lipinski definition) is 3. The number of benzene rings is 1. The molecule has 0 amide bonds. The molecule has 0 aliphatic carbocycles. The third-order valence-electron chi connectivity index (χ3n) is 3.35. The van der Waals surface area contributed by atoms with Gasteiger partial charge in [-0.3, -0.25) is 4.68 Å². The molecule has 1 heterocycles. The van der Waals surface area contributed by atoms with Gasteiger partial charge in [-0.05, 0) is 32.5 Å². The zero-order valence-corrected chi connectivity index (χ0v) is 12.7. The van der Waals surface area contributed by atoms with Crippen LogP contribution in [-0.2, 0) is 6.54 Å². The van der Waals surface area contributed by atoms with Crippen molar-refractivity contribution in [3.63, 3.8) is 0 Å². The van der Waals surface area contributed by atoms with Gasteiger partial charge in [0.05, 0.1) is 25.4 Å². The number of nitrogens with one attached hydrogen (secondary N) is 1. The van der Waals surface area contributed by atoms with E-state index in [2.05, 4.69) is 36.4 Å². The van der Waals surface area contributed by atoms with E-state index in [1.807, 2.05) is 29.9 Å². The van der Waals surface area contributed by atoms with Crippen LogP contribution in [0.1, 0.15) is 29.8 Å². The SMILES string of the molecule is CCNC(Cn1ccc(C)n1)c1cc(C)ccc1OC. The Morgan fingerprint density at radius 1 is 1.30 bits per heavy atom. The minimum Gasteiger partial charge on any atom is -0.496 e. The zero-order valence-electron chi connectivity index (χ0n) is 12.7. The molecular weight excluding hydrogens is 250 g/mol. The maximum atomic E-state index is 5.50. The molecule has 0 bridgehead atoms. The number of aryl methyl sites for hydroxylation is 2. The molecule has 1 unspecified atom stereocenters. The molecule has 0 saturated heterocycles. The van der Waals surface area contributed by atoms with Gasteiger partial charge in [0, 0.05) is 11.8 Å². The van der Waals surface area contributed by atoms with E-state index in [-0.39, 0.29) is 6.04 Å². The lowest BCUT2D eigenvalue weighted by atomic mass is 10.0. The van der Waals surface area contributed by atoms with Crippen molar-refractivity contribution in [2.24, 2.45) is 0 Å². The average Bonchev–Trinajstić information content (AvgIpc) is 2.84. The van der Waals surface area contributed by atoms with Crippen LogP contribution in [0.15, 0.2) is 30.5 Å². The van der Waals surface area contributed by atoms with Crippen LogP contribution < -0.4 is 10.1 Å². The fourth-order valence-corrected chi connectivity index (χ4v) is 2.40. The minimum absolute atomic E-state index is 0.189. The van der Waals surface area contributed by atoms with E-state index in [4.69, 9.17) is 4.74 Å². The highest BCUT2D eigenvalue weighted by atomic mass is 16.5. The van der Waals surface area contributed by atoms with Crippen molar-refractivity contribution >= 4 is 0 Å². The first kappa shape index (κ1) is 14.6. The summed E-state index contributed by atoms with van der Waals surface area (Å²) in [4.78, 5) is 0. The predicted octanol–water partition coefficient (Wildman–Crippen LogP) is 2.86. The third-order valence-corrected chi connectivity index (χ3v) is 3.35. The molecule has 0 aliphatic heterocycles. The Bertz CT molecular complexity index is 563. The van der Waals surface area contributed by atoms with Crippen LogP contribution in [-0.4, -0.2) is 23.4 Å². The number of aromatic nitrogens is 2. The lowest BCUT2D eigenvalue weighted by Gasteiger charge is -2.21. The predicted molar refractivity (Wildman–Crippen MR) is 81.1 cm³/mol. The summed E-state index contributed by atoms with van der Waals surface area (Å²) < 4.78 is 7.48. The lowest BCUT2D eigenvalue weighted by Crippen LogP contribution is -2.26. The van der Waals surface area contributed by atoms with Gasteiger partial charge in [-0.2, -0.15) is 5.10 Å². The smallest absolute Gasteiger partial charge is 0.123 e. The van der Waals surface area contributed by atoms with Crippen LogP contribution in [0.5, 0.6) is 5.75 Å². The highest BCUT2D eigenvalue weighted by Gasteiger charge is 2.16. The van der Waals surface area contributed by atoms with Gasteiger partial charge in [-0.1, -0.05) is 24.6 Å². The third kappa shape index (κ3) is 3.39. The molecule has 0 fully saturated rings. The molecule has 0 radical (unpaired) electrons. The Balaban J connectivity index is 2.30. The molecule has 1 aromatic heterocycles. The highest BCUT2D eigenvalue weighted by molar-refractivity contribution is 5.39. The molecule has 1 atom stereocenters. The van der Waals surface area contributed by atoms with Gasteiger partial charge >= 0.3 is 0 Å². The van der Waals surface area contributed by atoms with Gasteiger partial charge in [0.25, 0.3) is 0 Å². The van der Waals surface area contributed by atoms with E-state index in [1.165, 1.54) is 11.1 Å². The maximum Gasteiger partial charge on any atom is 0.123 e. The minimum atomic E-state index is 0.189. The summed E-state index contributed by atoms with van der Waals surface area (Å²) in [6, 6.07) is 8.50. The monoisotopic (exact) mass is 273 g/mol. The fraction of sp³-hybridized carbons (Fsp3) is 0.438. The van der Waals surface area contributed by atoms with E-state index in [0.29, 0.717) is 0 Å². The van der Waals surface area contributed by atoms with Crippen LogP contribution in [0.25, 0.3) is 0 Å². The Labute approximate surface area is 120 Å². The fourth-order valence-electron chi connectivity index (χ4n) is 2.40. The van der Waals surface area contributed by atoms with Crippen molar-refractivity contribution in [2.45, 2.75) is 33.4 Å². The summed E-state index contributed by atoms with van der Waals surface area (Å²) in [6.45, 7) is 7.92. The standard InChI is InChI=1S/C16H23N3O/c1-5-17-15(11-19-9-8-13(3)18-19)14-10-12(2)6-7-16(14)20-4/h6-10,15,17H,5,11H2,1-4H3. The maximum absolute atomic E-state index is 5.50.